The number of hydrogen-bond acceptors (Lipinski definition) is 5. The molecule has 0 bridgehead atoms. The fourth-order valence-electron chi connectivity index (χ4n) is 3.63. The largest absolute Gasteiger partial charge is 0.482 e. The van der Waals surface area contributed by atoms with Crippen LogP contribution < -0.4 is 10.1 Å². The minimum atomic E-state index is -0.599. The zero-order chi connectivity index (χ0) is 22.3. The van der Waals surface area contributed by atoms with Crippen LogP contribution in [0.2, 0.25) is 0 Å². The van der Waals surface area contributed by atoms with Crippen LogP contribution in [-0.2, 0) is 16.1 Å². The van der Waals surface area contributed by atoms with Crippen molar-refractivity contribution in [3.8, 4) is 16.9 Å². The predicted molar refractivity (Wildman–Crippen MR) is 120 cm³/mol. The Balaban J connectivity index is 1.45. The molecule has 2 aromatic carbocycles. The van der Waals surface area contributed by atoms with E-state index < -0.39 is 6.09 Å². The molecule has 2 N–H and O–H groups in total. The minimum absolute atomic E-state index is 0.0656. The van der Waals surface area contributed by atoms with Crippen molar-refractivity contribution in [1.82, 2.24) is 15.1 Å². The Morgan fingerprint density at radius 1 is 1.12 bits per heavy atom. The van der Waals surface area contributed by atoms with E-state index in [0.29, 0.717) is 11.4 Å². The maximum Gasteiger partial charge on any atom is 0.412 e. The molecule has 2 amide bonds. The van der Waals surface area contributed by atoms with E-state index >= 15 is 0 Å². The van der Waals surface area contributed by atoms with Gasteiger partial charge in [0, 0.05) is 24.8 Å². The van der Waals surface area contributed by atoms with Crippen molar-refractivity contribution in [3.05, 3.63) is 66.0 Å². The van der Waals surface area contributed by atoms with Crippen LogP contribution in [0, 0.1) is 6.92 Å². The number of aryl methyl sites for hydroxylation is 1. The first-order valence-electron chi connectivity index (χ1n) is 10.6. The molecule has 1 aromatic heterocycles. The van der Waals surface area contributed by atoms with E-state index in [1.165, 1.54) is 0 Å². The summed E-state index contributed by atoms with van der Waals surface area (Å²) in [6, 6.07) is 13.1. The molecule has 0 unspecified atom stereocenters. The number of amides is 2. The number of nitrogens with zero attached hydrogens (tertiary/aromatic N) is 2. The van der Waals surface area contributed by atoms with Gasteiger partial charge in [-0.05, 0) is 43.0 Å². The second kappa shape index (κ2) is 10.00. The normalized spacial score (nSPS) is 13.1. The smallest absolute Gasteiger partial charge is 0.412 e. The molecule has 32 heavy (non-hydrogen) atoms. The second-order valence-electron chi connectivity index (χ2n) is 7.76. The first-order chi connectivity index (χ1) is 15.6. The summed E-state index contributed by atoms with van der Waals surface area (Å²) < 4.78 is 11.2. The van der Waals surface area contributed by atoms with Gasteiger partial charge in [0.2, 0.25) is 0 Å². The fraction of sp³-hybridized carbons (Fsp3) is 0.292. The Kier molecular flexibility index (Phi) is 6.69. The van der Waals surface area contributed by atoms with Gasteiger partial charge in [0.25, 0.3) is 5.91 Å². The van der Waals surface area contributed by atoms with Crippen LogP contribution in [0.4, 0.5) is 10.5 Å². The number of carbonyl (C=O) groups excluding carboxylic acids is 2. The predicted octanol–water partition coefficient (Wildman–Crippen LogP) is 4.14. The molecule has 8 heteroatoms. The molecule has 8 nitrogen and oxygen atoms in total. The van der Waals surface area contributed by atoms with Gasteiger partial charge in [0.1, 0.15) is 12.4 Å². The number of ether oxygens (including phenoxy) is 2. The van der Waals surface area contributed by atoms with Gasteiger partial charge in [-0.1, -0.05) is 35.9 Å². The lowest BCUT2D eigenvalue weighted by atomic mass is 10.1. The Morgan fingerprint density at radius 3 is 2.72 bits per heavy atom. The maximum atomic E-state index is 12.4. The summed E-state index contributed by atoms with van der Waals surface area (Å²) in [5.41, 5.74) is 4.15. The van der Waals surface area contributed by atoms with Crippen molar-refractivity contribution in [2.24, 2.45) is 0 Å². The minimum Gasteiger partial charge on any atom is -0.482 e. The van der Waals surface area contributed by atoms with Gasteiger partial charge in [0.05, 0.1) is 11.9 Å². The molecule has 166 valence electrons. The third-order valence-corrected chi connectivity index (χ3v) is 5.31. The van der Waals surface area contributed by atoms with Gasteiger partial charge in [-0.2, -0.15) is 5.10 Å². The molecule has 0 saturated carbocycles. The van der Waals surface area contributed by atoms with Crippen molar-refractivity contribution in [2.45, 2.75) is 26.4 Å². The van der Waals surface area contributed by atoms with Crippen LogP contribution in [0.5, 0.6) is 5.75 Å². The van der Waals surface area contributed by atoms with Gasteiger partial charge < -0.3 is 14.4 Å². The molecule has 1 fully saturated rings. The quantitative estimate of drug-likeness (QED) is 0.583. The van der Waals surface area contributed by atoms with E-state index in [0.717, 1.165) is 48.2 Å². The molecule has 0 aliphatic carbocycles. The Morgan fingerprint density at radius 2 is 1.97 bits per heavy atom. The van der Waals surface area contributed by atoms with Crippen molar-refractivity contribution >= 4 is 17.7 Å². The Hall–Kier alpha value is -3.81. The third kappa shape index (κ3) is 5.46. The molecular formula is C24H26N4O4. The van der Waals surface area contributed by atoms with Gasteiger partial charge in [-0.25, -0.2) is 4.79 Å². The molecule has 1 saturated heterocycles. The highest BCUT2D eigenvalue weighted by Crippen LogP contribution is 2.31. The standard InChI is InChI=1S/C24H26N4O4/c1-17-5-4-6-18(11-17)15-32-24(30)27-21-8-7-19(20-13-25-26-14-20)12-22(21)31-16-23(29)28-9-2-3-10-28/h4-8,11-14H,2-3,9-10,15-16H2,1H3,(H,25,26)(H,27,30). The molecule has 2 heterocycles. The lowest BCUT2D eigenvalue weighted by Crippen LogP contribution is -2.32. The van der Waals surface area contributed by atoms with Gasteiger partial charge in [-0.3, -0.25) is 15.2 Å². The Labute approximate surface area is 186 Å². The van der Waals surface area contributed by atoms with Crippen molar-refractivity contribution < 1.29 is 19.1 Å². The first-order valence-corrected chi connectivity index (χ1v) is 10.6. The third-order valence-electron chi connectivity index (χ3n) is 5.31. The monoisotopic (exact) mass is 434 g/mol. The number of carbonyl (C=O) groups is 2. The number of H-pyrrole nitrogens is 1. The molecule has 1 aliphatic rings. The number of benzene rings is 2. The van der Waals surface area contributed by atoms with Crippen LogP contribution in [0.25, 0.3) is 11.1 Å². The second-order valence-corrected chi connectivity index (χ2v) is 7.76. The van der Waals surface area contributed by atoms with E-state index in [4.69, 9.17) is 9.47 Å². The zero-order valence-corrected chi connectivity index (χ0v) is 18.0. The van der Waals surface area contributed by atoms with Crippen LogP contribution in [0.15, 0.2) is 54.9 Å². The number of hydrogen-bond donors (Lipinski definition) is 2. The maximum absolute atomic E-state index is 12.4. The summed E-state index contributed by atoms with van der Waals surface area (Å²) in [7, 11) is 0. The Bertz CT molecular complexity index is 1080. The average Bonchev–Trinajstić information content (AvgIpc) is 3.51. The van der Waals surface area contributed by atoms with Crippen LogP contribution in [-0.4, -0.2) is 46.8 Å². The summed E-state index contributed by atoms with van der Waals surface area (Å²) in [6.07, 6.45) is 4.89. The van der Waals surface area contributed by atoms with Crippen molar-refractivity contribution in [1.29, 1.82) is 0 Å². The first kappa shape index (κ1) is 21.4. The van der Waals surface area contributed by atoms with E-state index in [1.54, 1.807) is 29.4 Å². The van der Waals surface area contributed by atoms with Crippen molar-refractivity contribution in [3.63, 3.8) is 0 Å². The van der Waals surface area contributed by atoms with E-state index in [9.17, 15) is 9.59 Å². The fourth-order valence-corrected chi connectivity index (χ4v) is 3.63. The summed E-state index contributed by atoms with van der Waals surface area (Å²) in [5.74, 6) is 0.327. The van der Waals surface area contributed by atoms with Crippen LogP contribution >= 0.6 is 0 Å². The summed E-state index contributed by atoms with van der Waals surface area (Å²) in [4.78, 5) is 26.6. The summed E-state index contributed by atoms with van der Waals surface area (Å²) in [5, 5.41) is 9.47. The number of likely N-dealkylation sites (tertiary alicyclic amines) is 1. The number of aromatic amines is 1. The average molecular weight is 434 g/mol. The molecule has 4 rings (SSSR count). The van der Waals surface area contributed by atoms with E-state index in [-0.39, 0.29) is 19.1 Å². The lowest BCUT2D eigenvalue weighted by molar-refractivity contribution is -0.132. The van der Waals surface area contributed by atoms with Crippen LogP contribution in [0.3, 0.4) is 0 Å². The number of rotatable bonds is 7. The summed E-state index contributed by atoms with van der Waals surface area (Å²) in [6.45, 7) is 3.56. The molecule has 0 radical (unpaired) electrons. The molecule has 3 aromatic rings. The van der Waals surface area contributed by atoms with E-state index in [1.807, 2.05) is 37.3 Å². The molecular weight excluding hydrogens is 408 g/mol. The van der Waals surface area contributed by atoms with Crippen molar-refractivity contribution in [2.75, 3.05) is 25.0 Å². The topological polar surface area (TPSA) is 96.5 Å². The number of nitrogens with one attached hydrogen (secondary N) is 2. The highest BCUT2D eigenvalue weighted by Gasteiger charge is 2.19. The lowest BCUT2D eigenvalue weighted by Gasteiger charge is -2.17. The van der Waals surface area contributed by atoms with E-state index in [2.05, 4.69) is 15.5 Å². The van der Waals surface area contributed by atoms with Crippen LogP contribution in [0.1, 0.15) is 24.0 Å². The number of anilines is 1. The molecule has 0 spiro atoms. The highest BCUT2D eigenvalue weighted by atomic mass is 16.5. The zero-order valence-electron chi connectivity index (χ0n) is 18.0. The number of aromatic nitrogens is 2. The summed E-state index contributed by atoms with van der Waals surface area (Å²) >= 11 is 0. The SMILES string of the molecule is Cc1cccc(COC(=O)Nc2ccc(-c3cn[nH]c3)cc2OCC(=O)N2CCCC2)c1. The van der Waals surface area contributed by atoms with Gasteiger partial charge in [0.15, 0.2) is 6.61 Å². The molecule has 1 aliphatic heterocycles. The van der Waals surface area contributed by atoms with Gasteiger partial charge >= 0.3 is 6.09 Å². The highest BCUT2D eigenvalue weighted by molar-refractivity contribution is 5.88. The van der Waals surface area contributed by atoms with Gasteiger partial charge in [-0.15, -0.1) is 0 Å². The molecule has 0 atom stereocenters.